The van der Waals surface area contributed by atoms with Crippen LogP contribution in [0.25, 0.3) is 0 Å². The largest absolute Gasteiger partial charge is 0.496 e. The molecule has 3 N–H and O–H groups in total. The number of hydrogen-bond acceptors (Lipinski definition) is 5. The highest BCUT2D eigenvalue weighted by Gasteiger charge is 2.15. The number of halogens is 3. The molecule has 1 amide bonds. The Balaban J connectivity index is 0.00000338. The smallest absolute Gasteiger partial charge is 0.255 e. The predicted molar refractivity (Wildman–Crippen MR) is 116 cm³/mol. The summed E-state index contributed by atoms with van der Waals surface area (Å²) in [5, 5.41) is 3.16. The van der Waals surface area contributed by atoms with Crippen molar-refractivity contribution < 1.29 is 9.53 Å². The van der Waals surface area contributed by atoms with E-state index in [2.05, 4.69) is 29.0 Å². The molecule has 1 aromatic heterocycles. The van der Waals surface area contributed by atoms with Crippen LogP contribution < -0.4 is 20.7 Å². The molecule has 2 aromatic rings. The lowest BCUT2D eigenvalue weighted by Gasteiger charge is -2.19. The van der Waals surface area contributed by atoms with Crippen molar-refractivity contribution in [2.45, 2.75) is 20.4 Å². The van der Waals surface area contributed by atoms with E-state index in [1.54, 1.807) is 6.20 Å². The van der Waals surface area contributed by atoms with Crippen LogP contribution in [-0.4, -0.2) is 31.1 Å². The lowest BCUT2D eigenvalue weighted by molar-refractivity contribution is 0.0948. The topological polar surface area (TPSA) is 80.5 Å². The Bertz CT molecular complexity index is 738. The van der Waals surface area contributed by atoms with Crippen LogP contribution in [-0.2, 0) is 6.54 Å². The summed E-state index contributed by atoms with van der Waals surface area (Å²) in [6.07, 6.45) is 1.77. The van der Waals surface area contributed by atoms with Crippen LogP contribution in [0.5, 0.6) is 5.75 Å². The van der Waals surface area contributed by atoms with Gasteiger partial charge in [-0.3, -0.25) is 4.79 Å². The van der Waals surface area contributed by atoms with Crippen LogP contribution in [0.3, 0.4) is 0 Å². The quantitative estimate of drug-likeness (QED) is 0.644. The van der Waals surface area contributed by atoms with Gasteiger partial charge in [0, 0.05) is 31.9 Å². The zero-order valence-corrected chi connectivity index (χ0v) is 17.9. The molecule has 1 heterocycles. The molecule has 0 unspecified atom stereocenters. The predicted octanol–water partition coefficient (Wildman–Crippen LogP) is 3.95. The van der Waals surface area contributed by atoms with Gasteiger partial charge >= 0.3 is 0 Å². The van der Waals surface area contributed by atoms with Crippen molar-refractivity contribution in [3.05, 3.63) is 46.6 Å². The third-order valence-electron chi connectivity index (χ3n) is 3.91. The van der Waals surface area contributed by atoms with E-state index in [9.17, 15) is 4.79 Å². The second kappa shape index (κ2) is 11.7. The first-order valence-corrected chi connectivity index (χ1v) is 8.49. The van der Waals surface area contributed by atoms with Gasteiger partial charge in [0.2, 0.25) is 0 Å². The Labute approximate surface area is 177 Å². The molecule has 0 bridgehead atoms. The first-order chi connectivity index (χ1) is 12.0. The van der Waals surface area contributed by atoms with E-state index in [0.29, 0.717) is 28.6 Å². The van der Waals surface area contributed by atoms with Crippen molar-refractivity contribution >= 4 is 53.8 Å². The number of carbonyl (C=O) groups excluding carboxylic acids is 1. The molecule has 27 heavy (non-hydrogen) atoms. The molecule has 6 nitrogen and oxygen atoms in total. The fraction of sp³-hybridized carbons (Fsp3) is 0.333. The first kappa shape index (κ1) is 25.1. The average molecular weight is 436 g/mol. The van der Waals surface area contributed by atoms with E-state index in [1.807, 2.05) is 12.1 Å². The molecule has 0 fully saturated rings. The van der Waals surface area contributed by atoms with Crippen molar-refractivity contribution in [2.75, 3.05) is 30.8 Å². The molecule has 0 radical (unpaired) electrons. The fourth-order valence-corrected chi connectivity index (χ4v) is 2.61. The van der Waals surface area contributed by atoms with Crippen molar-refractivity contribution in [3.63, 3.8) is 0 Å². The van der Waals surface area contributed by atoms with Crippen molar-refractivity contribution in [1.29, 1.82) is 0 Å². The number of pyridine rings is 1. The Hall–Kier alpha value is -1.89. The highest BCUT2D eigenvalue weighted by molar-refractivity contribution is 6.33. The summed E-state index contributed by atoms with van der Waals surface area (Å²) >= 11 is 6.00. The number of hydrogen-bond donors (Lipinski definition) is 2. The zero-order valence-electron chi connectivity index (χ0n) is 15.5. The van der Waals surface area contributed by atoms with Gasteiger partial charge in [-0.15, -0.1) is 24.8 Å². The molecule has 1 aromatic carbocycles. The van der Waals surface area contributed by atoms with Crippen molar-refractivity contribution in [1.82, 2.24) is 10.3 Å². The molecule has 0 aliphatic rings. The summed E-state index contributed by atoms with van der Waals surface area (Å²) in [4.78, 5) is 19.0. The number of aromatic nitrogens is 1. The van der Waals surface area contributed by atoms with Gasteiger partial charge in [-0.1, -0.05) is 17.7 Å². The summed E-state index contributed by atoms with van der Waals surface area (Å²) in [5.41, 5.74) is 7.35. The molecule has 0 aliphatic carbocycles. The number of nitrogens with two attached hydrogens (primary N) is 1. The summed E-state index contributed by atoms with van der Waals surface area (Å²) < 4.78 is 5.20. The van der Waals surface area contributed by atoms with Gasteiger partial charge in [-0.2, -0.15) is 0 Å². The third-order valence-corrected chi connectivity index (χ3v) is 4.24. The maximum atomic E-state index is 12.4. The minimum absolute atomic E-state index is 0. The molecule has 0 saturated heterocycles. The average Bonchev–Trinajstić information content (AvgIpc) is 2.63. The van der Waals surface area contributed by atoms with Crippen LogP contribution in [0.4, 0.5) is 11.5 Å². The lowest BCUT2D eigenvalue weighted by Crippen LogP contribution is -2.24. The number of nitrogen functional groups attached to an aromatic ring is 1. The van der Waals surface area contributed by atoms with E-state index in [4.69, 9.17) is 22.1 Å². The number of rotatable bonds is 7. The second-order valence-electron chi connectivity index (χ2n) is 5.45. The first-order valence-electron chi connectivity index (χ1n) is 8.11. The molecule has 0 atom stereocenters. The van der Waals surface area contributed by atoms with Gasteiger partial charge in [-0.05, 0) is 31.5 Å². The summed E-state index contributed by atoms with van der Waals surface area (Å²) in [5.74, 6) is 1.02. The number of benzene rings is 1. The van der Waals surface area contributed by atoms with E-state index in [1.165, 1.54) is 19.2 Å². The summed E-state index contributed by atoms with van der Waals surface area (Å²) in [7, 11) is 1.48. The van der Waals surface area contributed by atoms with Gasteiger partial charge in [0.25, 0.3) is 5.91 Å². The number of carbonyl (C=O) groups is 1. The maximum Gasteiger partial charge on any atom is 0.255 e. The Morgan fingerprint density at radius 3 is 2.44 bits per heavy atom. The monoisotopic (exact) mass is 434 g/mol. The number of nitrogens with one attached hydrogen (secondary N) is 1. The number of ether oxygens (including phenoxy) is 1. The number of methoxy groups -OCH3 is 1. The second-order valence-corrected chi connectivity index (χ2v) is 5.86. The van der Waals surface area contributed by atoms with Gasteiger partial charge in [0.05, 0.1) is 23.4 Å². The van der Waals surface area contributed by atoms with Crippen LogP contribution in [0.1, 0.15) is 29.8 Å². The van der Waals surface area contributed by atoms with E-state index < -0.39 is 0 Å². The fourth-order valence-electron chi connectivity index (χ4n) is 2.45. The standard InChI is InChI=1S/C18H23ClN4O2.2ClH/c1-4-23(5-2)17-7-6-12(10-21-17)11-22-18(24)13-8-14(19)15(20)9-16(13)25-3;;/h6-10H,4-5,11,20H2,1-3H3,(H,22,24);2*1H. The van der Waals surface area contributed by atoms with Crippen LogP contribution in [0, 0.1) is 0 Å². The van der Waals surface area contributed by atoms with Gasteiger partial charge < -0.3 is 20.7 Å². The Morgan fingerprint density at radius 2 is 1.93 bits per heavy atom. The molecule has 0 saturated carbocycles. The van der Waals surface area contributed by atoms with Crippen LogP contribution in [0.15, 0.2) is 30.5 Å². The van der Waals surface area contributed by atoms with E-state index >= 15 is 0 Å². The molecule has 9 heteroatoms. The molecule has 0 spiro atoms. The highest BCUT2D eigenvalue weighted by atomic mass is 35.5. The minimum atomic E-state index is -0.286. The van der Waals surface area contributed by atoms with Crippen molar-refractivity contribution in [2.24, 2.45) is 0 Å². The van der Waals surface area contributed by atoms with Crippen LogP contribution in [0.2, 0.25) is 5.02 Å². The molecule has 0 aliphatic heterocycles. The Morgan fingerprint density at radius 1 is 1.26 bits per heavy atom. The minimum Gasteiger partial charge on any atom is -0.496 e. The molecule has 150 valence electrons. The lowest BCUT2D eigenvalue weighted by atomic mass is 10.1. The van der Waals surface area contributed by atoms with Crippen molar-refractivity contribution in [3.8, 4) is 5.75 Å². The number of nitrogens with zero attached hydrogens (tertiary/aromatic N) is 2. The molecular weight excluding hydrogens is 411 g/mol. The Kier molecular flexibility index (Phi) is 10.9. The van der Waals surface area contributed by atoms with E-state index in [-0.39, 0.29) is 30.7 Å². The molecular formula is C18H25Cl3N4O2. The summed E-state index contributed by atoms with van der Waals surface area (Å²) in [6.45, 7) is 6.33. The molecule has 2 rings (SSSR count). The normalized spacial score (nSPS) is 9.63. The number of amides is 1. The SMILES string of the molecule is CCN(CC)c1ccc(CNC(=O)c2cc(Cl)c(N)cc2OC)cn1.Cl.Cl. The van der Waals surface area contributed by atoms with Gasteiger partial charge in [0.15, 0.2) is 0 Å². The van der Waals surface area contributed by atoms with Gasteiger partial charge in [-0.25, -0.2) is 4.98 Å². The van der Waals surface area contributed by atoms with E-state index in [0.717, 1.165) is 24.5 Å². The number of anilines is 2. The maximum absolute atomic E-state index is 12.4. The van der Waals surface area contributed by atoms with Gasteiger partial charge in [0.1, 0.15) is 11.6 Å². The highest BCUT2D eigenvalue weighted by Crippen LogP contribution is 2.28. The summed E-state index contributed by atoms with van der Waals surface area (Å²) in [6, 6.07) is 6.95. The third kappa shape index (κ3) is 6.34. The zero-order chi connectivity index (χ0) is 18.4. The van der Waals surface area contributed by atoms with Crippen LogP contribution >= 0.6 is 36.4 Å².